The average molecular weight is 296 g/mol. The molecule has 1 aromatic rings. The van der Waals surface area contributed by atoms with E-state index in [9.17, 15) is 24.3 Å². The standard InChI is InChI=1S/C13H12O8/c1-5(14)10-8(13(18)19)4-9(17)11(20-6(2)15)12(10)21-7(3)16/h4,17H,1-3H3,(H,18,19). The van der Waals surface area contributed by atoms with Crippen LogP contribution >= 0.6 is 0 Å². The van der Waals surface area contributed by atoms with E-state index < -0.39 is 52.1 Å². The summed E-state index contributed by atoms with van der Waals surface area (Å²) < 4.78 is 9.44. The monoisotopic (exact) mass is 296 g/mol. The molecule has 112 valence electrons. The van der Waals surface area contributed by atoms with Crippen LogP contribution in [0, 0.1) is 0 Å². The van der Waals surface area contributed by atoms with Crippen molar-refractivity contribution in [3.8, 4) is 17.2 Å². The Bertz CT molecular complexity index is 644. The van der Waals surface area contributed by atoms with Gasteiger partial charge in [0.15, 0.2) is 17.3 Å². The molecule has 0 saturated heterocycles. The normalized spacial score (nSPS) is 9.86. The average Bonchev–Trinajstić information content (AvgIpc) is 2.31. The number of aromatic carboxylic acids is 1. The zero-order chi connectivity index (χ0) is 16.3. The highest BCUT2D eigenvalue weighted by atomic mass is 16.6. The van der Waals surface area contributed by atoms with Gasteiger partial charge in [-0.3, -0.25) is 14.4 Å². The van der Waals surface area contributed by atoms with Crippen LogP contribution in [0.2, 0.25) is 0 Å². The number of carbonyl (C=O) groups is 4. The fourth-order valence-corrected chi connectivity index (χ4v) is 1.63. The lowest BCUT2D eigenvalue weighted by Gasteiger charge is -2.15. The number of ketones is 1. The number of Topliss-reactive ketones (excluding diaryl/α,β-unsaturated/α-hetero) is 1. The molecule has 0 bridgehead atoms. The van der Waals surface area contributed by atoms with Crippen molar-refractivity contribution in [2.75, 3.05) is 0 Å². The van der Waals surface area contributed by atoms with E-state index in [0.717, 1.165) is 26.8 Å². The van der Waals surface area contributed by atoms with Crippen molar-refractivity contribution in [2.24, 2.45) is 0 Å². The van der Waals surface area contributed by atoms with Crippen LogP contribution in [0.25, 0.3) is 0 Å². The number of ether oxygens (including phenoxy) is 2. The number of hydrogen-bond donors (Lipinski definition) is 2. The molecule has 8 heteroatoms. The van der Waals surface area contributed by atoms with Gasteiger partial charge in [0, 0.05) is 13.8 Å². The summed E-state index contributed by atoms with van der Waals surface area (Å²) in [7, 11) is 0. The third kappa shape index (κ3) is 3.56. The van der Waals surface area contributed by atoms with E-state index in [-0.39, 0.29) is 0 Å². The van der Waals surface area contributed by atoms with Crippen molar-refractivity contribution in [2.45, 2.75) is 20.8 Å². The molecule has 0 unspecified atom stereocenters. The maximum atomic E-state index is 11.6. The highest BCUT2D eigenvalue weighted by molar-refractivity contribution is 6.08. The molecular weight excluding hydrogens is 284 g/mol. The van der Waals surface area contributed by atoms with Gasteiger partial charge in [0.05, 0.1) is 11.1 Å². The quantitative estimate of drug-likeness (QED) is 0.481. The minimum Gasteiger partial charge on any atom is -0.504 e. The molecule has 0 aromatic heterocycles. The Morgan fingerprint density at radius 3 is 1.81 bits per heavy atom. The second-order valence-electron chi connectivity index (χ2n) is 4.03. The van der Waals surface area contributed by atoms with E-state index in [4.69, 9.17) is 14.6 Å². The zero-order valence-electron chi connectivity index (χ0n) is 11.4. The first-order chi connectivity index (χ1) is 9.65. The van der Waals surface area contributed by atoms with Gasteiger partial charge in [-0.1, -0.05) is 0 Å². The Labute approximate surface area is 118 Å². The molecule has 0 radical (unpaired) electrons. The molecule has 0 atom stereocenters. The topological polar surface area (TPSA) is 127 Å². The van der Waals surface area contributed by atoms with E-state index >= 15 is 0 Å². The number of phenols is 1. The molecule has 0 aliphatic heterocycles. The Kier molecular flexibility index (Phi) is 4.64. The summed E-state index contributed by atoms with van der Waals surface area (Å²) in [6, 6.07) is 0.740. The molecule has 0 heterocycles. The first kappa shape index (κ1) is 16.2. The first-order valence-electron chi connectivity index (χ1n) is 5.66. The van der Waals surface area contributed by atoms with Gasteiger partial charge in [0.25, 0.3) is 0 Å². The van der Waals surface area contributed by atoms with E-state index in [0.29, 0.717) is 0 Å². The van der Waals surface area contributed by atoms with E-state index in [1.54, 1.807) is 0 Å². The summed E-state index contributed by atoms with van der Waals surface area (Å²) in [4.78, 5) is 44.9. The third-order valence-corrected chi connectivity index (χ3v) is 2.29. The molecule has 0 aliphatic rings. The minimum absolute atomic E-state index is 0.480. The summed E-state index contributed by atoms with van der Waals surface area (Å²) in [5.41, 5.74) is -1.06. The summed E-state index contributed by atoms with van der Waals surface area (Å²) in [6.07, 6.45) is 0. The predicted octanol–water partition coefficient (Wildman–Crippen LogP) is 1.14. The molecule has 2 N–H and O–H groups in total. The van der Waals surface area contributed by atoms with Gasteiger partial charge in [-0.15, -0.1) is 0 Å². The highest BCUT2D eigenvalue weighted by Crippen LogP contribution is 2.42. The van der Waals surface area contributed by atoms with Crippen LogP contribution in [0.4, 0.5) is 0 Å². The molecule has 1 rings (SSSR count). The SMILES string of the molecule is CC(=O)Oc1c(O)cc(C(=O)O)c(C(C)=O)c1OC(C)=O. The molecule has 8 nitrogen and oxygen atoms in total. The molecule has 0 saturated carbocycles. The number of benzene rings is 1. The smallest absolute Gasteiger partial charge is 0.336 e. The zero-order valence-corrected chi connectivity index (χ0v) is 11.4. The number of aromatic hydroxyl groups is 1. The number of rotatable bonds is 4. The second-order valence-corrected chi connectivity index (χ2v) is 4.03. The van der Waals surface area contributed by atoms with Crippen molar-refractivity contribution in [3.05, 3.63) is 17.2 Å². The van der Waals surface area contributed by atoms with Gasteiger partial charge in [0.2, 0.25) is 5.75 Å². The van der Waals surface area contributed by atoms with Crippen molar-refractivity contribution in [1.29, 1.82) is 0 Å². The van der Waals surface area contributed by atoms with Crippen molar-refractivity contribution < 1.29 is 38.9 Å². The number of phenolic OH excluding ortho intramolecular Hbond substituents is 1. The van der Waals surface area contributed by atoms with Crippen molar-refractivity contribution in [3.63, 3.8) is 0 Å². The van der Waals surface area contributed by atoms with Gasteiger partial charge < -0.3 is 19.7 Å². The van der Waals surface area contributed by atoms with Crippen LogP contribution in [0.15, 0.2) is 6.07 Å². The highest BCUT2D eigenvalue weighted by Gasteiger charge is 2.28. The van der Waals surface area contributed by atoms with Gasteiger partial charge in [-0.2, -0.15) is 0 Å². The fraction of sp³-hybridized carbons (Fsp3) is 0.231. The number of carboxylic acids is 1. The van der Waals surface area contributed by atoms with Crippen LogP contribution in [0.3, 0.4) is 0 Å². The maximum absolute atomic E-state index is 11.6. The lowest BCUT2D eigenvalue weighted by Crippen LogP contribution is -2.14. The van der Waals surface area contributed by atoms with Crippen LogP contribution in [-0.4, -0.2) is 33.9 Å². The minimum atomic E-state index is -1.52. The molecule has 0 fully saturated rings. The summed E-state index contributed by atoms with van der Waals surface area (Å²) in [6.45, 7) is 3.07. The number of carbonyl (C=O) groups excluding carboxylic acids is 3. The predicted molar refractivity (Wildman–Crippen MR) is 67.7 cm³/mol. The van der Waals surface area contributed by atoms with E-state index in [1.807, 2.05) is 0 Å². The van der Waals surface area contributed by atoms with Gasteiger partial charge in [-0.25, -0.2) is 4.79 Å². The second kappa shape index (κ2) is 6.04. The van der Waals surface area contributed by atoms with Crippen LogP contribution in [0.5, 0.6) is 17.2 Å². The Morgan fingerprint density at radius 1 is 0.952 bits per heavy atom. The van der Waals surface area contributed by atoms with E-state index in [2.05, 4.69) is 0 Å². The molecule has 21 heavy (non-hydrogen) atoms. The molecule has 0 spiro atoms. The van der Waals surface area contributed by atoms with Gasteiger partial charge >= 0.3 is 17.9 Å². The lowest BCUT2D eigenvalue weighted by atomic mass is 10.0. The summed E-state index contributed by atoms with van der Waals surface area (Å²) >= 11 is 0. The summed E-state index contributed by atoms with van der Waals surface area (Å²) in [5, 5.41) is 18.8. The Morgan fingerprint density at radius 2 is 1.43 bits per heavy atom. The Hall–Kier alpha value is -2.90. The fourth-order valence-electron chi connectivity index (χ4n) is 1.63. The largest absolute Gasteiger partial charge is 0.504 e. The number of hydrogen-bond acceptors (Lipinski definition) is 7. The number of esters is 2. The molecular formula is C13H12O8. The van der Waals surface area contributed by atoms with Gasteiger partial charge in [0.1, 0.15) is 0 Å². The van der Waals surface area contributed by atoms with Gasteiger partial charge in [-0.05, 0) is 13.0 Å². The van der Waals surface area contributed by atoms with Crippen molar-refractivity contribution >= 4 is 23.7 Å². The van der Waals surface area contributed by atoms with Crippen LogP contribution < -0.4 is 9.47 Å². The molecule has 1 aromatic carbocycles. The molecule has 0 amide bonds. The Balaban J connectivity index is 3.76. The first-order valence-corrected chi connectivity index (χ1v) is 5.66. The lowest BCUT2D eigenvalue weighted by molar-refractivity contribution is -0.134. The van der Waals surface area contributed by atoms with Crippen molar-refractivity contribution in [1.82, 2.24) is 0 Å². The van der Waals surface area contributed by atoms with Crippen LogP contribution in [-0.2, 0) is 9.59 Å². The number of carboxylic acid groups (broad SMARTS) is 1. The molecule has 0 aliphatic carbocycles. The van der Waals surface area contributed by atoms with E-state index in [1.165, 1.54) is 0 Å². The summed E-state index contributed by atoms with van der Waals surface area (Å²) in [5.74, 6) is -5.93. The third-order valence-electron chi connectivity index (χ3n) is 2.29. The van der Waals surface area contributed by atoms with Crippen LogP contribution in [0.1, 0.15) is 41.5 Å². The maximum Gasteiger partial charge on any atom is 0.336 e.